The van der Waals surface area contributed by atoms with Crippen molar-refractivity contribution in [2.45, 2.75) is 52.2 Å². The van der Waals surface area contributed by atoms with Gasteiger partial charge >= 0.3 is 6.09 Å². The highest BCUT2D eigenvalue weighted by Gasteiger charge is 2.60. The monoisotopic (exact) mass is 557 g/mol. The number of nitrogens with two attached hydrogens (primary N) is 1. The fourth-order valence-electron chi connectivity index (χ4n) is 5.76. The average molecular weight is 558 g/mol. The van der Waals surface area contributed by atoms with Crippen LogP contribution in [0.15, 0.2) is 23.0 Å². The lowest BCUT2D eigenvalue weighted by molar-refractivity contribution is -0.147. The Hall–Kier alpha value is -4.06. The van der Waals surface area contributed by atoms with Crippen LogP contribution >= 0.6 is 0 Å². The summed E-state index contributed by atoms with van der Waals surface area (Å²) in [6.07, 6.45) is -0.865. The Labute approximate surface area is 231 Å². The zero-order valence-corrected chi connectivity index (χ0v) is 23.1. The van der Waals surface area contributed by atoms with Crippen LogP contribution < -0.4 is 16.0 Å². The number of benzene rings is 1. The molecule has 1 fully saturated rings. The van der Waals surface area contributed by atoms with Gasteiger partial charge in [-0.3, -0.25) is 14.4 Å². The Bertz CT molecular complexity index is 1390. The van der Waals surface area contributed by atoms with Gasteiger partial charge in [0, 0.05) is 49.8 Å². The number of ketones is 2. The van der Waals surface area contributed by atoms with Crippen molar-refractivity contribution in [2.75, 3.05) is 25.6 Å². The topological polar surface area (TPSA) is 200 Å². The maximum atomic E-state index is 13.7. The van der Waals surface area contributed by atoms with Crippen molar-refractivity contribution in [1.82, 2.24) is 5.32 Å². The van der Waals surface area contributed by atoms with Gasteiger partial charge in [-0.05, 0) is 35.8 Å². The molecule has 1 saturated carbocycles. The van der Waals surface area contributed by atoms with Crippen LogP contribution in [-0.2, 0) is 32.1 Å². The molecule has 12 heteroatoms. The third-order valence-corrected chi connectivity index (χ3v) is 7.66. The molecule has 2 amide bonds. The van der Waals surface area contributed by atoms with E-state index in [4.69, 9.17) is 10.5 Å². The van der Waals surface area contributed by atoms with E-state index in [9.17, 15) is 39.6 Å². The number of phenols is 1. The molecule has 3 atom stereocenters. The summed E-state index contributed by atoms with van der Waals surface area (Å²) in [6.45, 7) is 5.74. The van der Waals surface area contributed by atoms with Crippen LogP contribution in [0.25, 0.3) is 5.76 Å². The number of aliphatic hydroxyl groups is 3. The Kier molecular flexibility index (Phi) is 7.12. The average Bonchev–Trinajstić information content (AvgIpc) is 2.83. The molecular weight excluding hydrogens is 522 g/mol. The molecule has 0 radical (unpaired) electrons. The third kappa shape index (κ3) is 4.66. The molecule has 40 heavy (non-hydrogen) atoms. The van der Waals surface area contributed by atoms with E-state index in [2.05, 4.69) is 5.32 Å². The summed E-state index contributed by atoms with van der Waals surface area (Å²) in [5.41, 5.74) is 2.62. The first-order valence-electron chi connectivity index (χ1n) is 12.9. The Morgan fingerprint density at radius 3 is 2.40 bits per heavy atom. The number of hydrogen-bond donors (Lipinski definition) is 6. The molecule has 216 valence electrons. The molecule has 0 spiro atoms. The van der Waals surface area contributed by atoms with Gasteiger partial charge in [-0.2, -0.15) is 0 Å². The maximum Gasteiger partial charge on any atom is 0.407 e. The number of aliphatic hydroxyl groups excluding tert-OH is 2. The predicted octanol–water partition coefficient (Wildman–Crippen LogP) is 1.76. The first kappa shape index (κ1) is 28.9. The Balaban J connectivity index is 1.78. The summed E-state index contributed by atoms with van der Waals surface area (Å²) < 4.78 is 5.21. The fraction of sp³-hybridized carbons (Fsp3) is 0.500. The van der Waals surface area contributed by atoms with Crippen LogP contribution in [0, 0.1) is 17.3 Å². The molecule has 3 aliphatic rings. The van der Waals surface area contributed by atoms with E-state index in [0.29, 0.717) is 11.3 Å². The number of nitrogens with one attached hydrogen (secondary N) is 1. The minimum absolute atomic E-state index is 0.0411. The van der Waals surface area contributed by atoms with Gasteiger partial charge in [-0.15, -0.1) is 0 Å². The van der Waals surface area contributed by atoms with Gasteiger partial charge in [-0.25, -0.2) is 4.79 Å². The summed E-state index contributed by atoms with van der Waals surface area (Å²) in [4.78, 5) is 52.0. The lowest BCUT2D eigenvalue weighted by atomic mass is 9.59. The van der Waals surface area contributed by atoms with Crippen molar-refractivity contribution in [2.24, 2.45) is 23.0 Å². The van der Waals surface area contributed by atoms with Gasteiger partial charge in [0.15, 0.2) is 11.4 Å². The number of ether oxygens (including phenoxy) is 1. The van der Waals surface area contributed by atoms with Crippen LogP contribution in [0.3, 0.4) is 0 Å². The highest BCUT2D eigenvalue weighted by Crippen LogP contribution is 2.53. The number of rotatable bonds is 5. The van der Waals surface area contributed by atoms with E-state index in [1.54, 1.807) is 25.1 Å². The number of fused-ring (bicyclic) bond motifs is 3. The second-order valence-corrected chi connectivity index (χ2v) is 12.0. The number of anilines is 1. The Morgan fingerprint density at radius 2 is 1.82 bits per heavy atom. The van der Waals surface area contributed by atoms with E-state index in [-0.39, 0.29) is 60.3 Å². The van der Waals surface area contributed by atoms with Gasteiger partial charge in [-0.1, -0.05) is 20.8 Å². The van der Waals surface area contributed by atoms with Gasteiger partial charge in [0.05, 0.1) is 12.2 Å². The van der Waals surface area contributed by atoms with Crippen LogP contribution in [0.4, 0.5) is 10.5 Å². The minimum atomic E-state index is -2.63. The second kappa shape index (κ2) is 9.84. The number of hydrogen-bond acceptors (Lipinski definition) is 10. The van der Waals surface area contributed by atoms with E-state index in [1.807, 2.05) is 20.8 Å². The molecule has 0 bridgehead atoms. The molecule has 1 aromatic rings. The summed E-state index contributed by atoms with van der Waals surface area (Å²) in [5.74, 6) is -6.90. The van der Waals surface area contributed by atoms with Crippen LogP contribution in [-0.4, -0.2) is 70.3 Å². The summed E-state index contributed by atoms with van der Waals surface area (Å²) >= 11 is 0. The number of amides is 2. The smallest absolute Gasteiger partial charge is 0.407 e. The van der Waals surface area contributed by atoms with Gasteiger partial charge in [0.2, 0.25) is 5.78 Å². The van der Waals surface area contributed by atoms with Crippen molar-refractivity contribution in [3.8, 4) is 5.75 Å². The number of carbonyl (C=O) groups excluding carboxylic acids is 4. The number of alkyl carbamates (subject to hydrolysis) is 1. The molecule has 1 aromatic carbocycles. The van der Waals surface area contributed by atoms with E-state index >= 15 is 0 Å². The third-order valence-electron chi connectivity index (χ3n) is 7.66. The summed E-state index contributed by atoms with van der Waals surface area (Å²) in [6, 6.07) is 1.66. The van der Waals surface area contributed by atoms with Gasteiger partial charge < -0.3 is 41.1 Å². The zero-order valence-electron chi connectivity index (χ0n) is 23.1. The quantitative estimate of drug-likeness (QED) is 0.290. The van der Waals surface area contributed by atoms with E-state index in [1.165, 1.54) is 0 Å². The lowest BCUT2D eigenvalue weighted by Crippen LogP contribution is -2.58. The van der Waals surface area contributed by atoms with Gasteiger partial charge in [0.1, 0.15) is 22.8 Å². The summed E-state index contributed by atoms with van der Waals surface area (Å²) in [7, 11) is 3.52. The normalized spacial score (nSPS) is 24.2. The molecule has 12 nitrogen and oxygen atoms in total. The molecule has 3 unspecified atom stereocenters. The molecular formula is C28H35N3O9. The van der Waals surface area contributed by atoms with Crippen molar-refractivity contribution in [3.05, 3.63) is 39.7 Å². The summed E-state index contributed by atoms with van der Waals surface area (Å²) in [5, 5.41) is 47.3. The predicted molar refractivity (Wildman–Crippen MR) is 143 cm³/mol. The molecule has 4 rings (SSSR count). The van der Waals surface area contributed by atoms with E-state index < -0.39 is 58.1 Å². The number of phenolic OH excluding ortho intramolecular Hbond substituents is 1. The van der Waals surface area contributed by atoms with Gasteiger partial charge in [0.25, 0.3) is 5.91 Å². The zero-order chi connectivity index (χ0) is 29.9. The number of Topliss-reactive ketones (excluding diaryl/α,β-unsaturated/α-hetero) is 2. The van der Waals surface area contributed by atoms with E-state index in [0.717, 1.165) is 0 Å². The minimum Gasteiger partial charge on any atom is -0.508 e. The van der Waals surface area contributed by atoms with Crippen LogP contribution in [0.2, 0.25) is 0 Å². The molecule has 0 heterocycles. The molecule has 0 aromatic heterocycles. The second-order valence-electron chi connectivity index (χ2n) is 12.0. The van der Waals surface area contributed by atoms with Crippen molar-refractivity contribution in [1.29, 1.82) is 0 Å². The van der Waals surface area contributed by atoms with Crippen LogP contribution in [0.1, 0.15) is 50.3 Å². The largest absolute Gasteiger partial charge is 0.508 e. The number of primary amides is 1. The fourth-order valence-corrected chi connectivity index (χ4v) is 5.76. The highest BCUT2D eigenvalue weighted by molar-refractivity contribution is 6.22. The number of aromatic hydroxyl groups is 1. The maximum absolute atomic E-state index is 13.7. The first-order valence-corrected chi connectivity index (χ1v) is 12.9. The van der Waals surface area contributed by atoms with Crippen molar-refractivity contribution in [3.63, 3.8) is 0 Å². The number of nitrogens with zero attached hydrogens (tertiary/aromatic N) is 1. The SMILES string of the molecule is CN(C)c1cc(CNC(=O)OCC(C)(C)C)c(O)c2c1CC1CC3CC(=O)C(C(N)=O)=C(O)C3(O)C(=O)C1=C2O. The van der Waals surface area contributed by atoms with Crippen molar-refractivity contribution >= 4 is 35.0 Å². The highest BCUT2D eigenvalue weighted by atomic mass is 16.5. The standard InChI is InChI=1S/C28H35N3O9/c1-27(2,3)11-40-26(38)30-10-13-8-16(31(4)5)15-7-12-6-14-9-17(32)20(25(29)37)24(36)28(14,39)23(35)18(12)22(34)19(15)21(13)33/h8,12,14,33-34,36,39H,6-7,9-11H2,1-5H3,(H2,29,37)(H,30,38). The Morgan fingerprint density at radius 1 is 1.18 bits per heavy atom. The number of carbonyl (C=O) groups is 4. The lowest BCUT2D eigenvalue weighted by Gasteiger charge is -2.46. The molecule has 3 aliphatic carbocycles. The molecule has 7 N–H and O–H groups in total. The van der Waals surface area contributed by atoms with Crippen LogP contribution in [0.5, 0.6) is 5.75 Å². The van der Waals surface area contributed by atoms with Crippen molar-refractivity contribution < 1.29 is 44.3 Å². The molecule has 0 aliphatic heterocycles. The first-order chi connectivity index (χ1) is 18.5. The molecule has 0 saturated heterocycles.